The number of H-pyrrole nitrogens is 1. The predicted octanol–water partition coefficient (Wildman–Crippen LogP) is 1.70. The molecule has 86 valence electrons. The van der Waals surface area contributed by atoms with Crippen LogP contribution in [-0.2, 0) is 11.3 Å². The lowest BCUT2D eigenvalue weighted by atomic mass is 10.00. The van der Waals surface area contributed by atoms with Gasteiger partial charge in [0.1, 0.15) is 0 Å². The van der Waals surface area contributed by atoms with Crippen LogP contribution in [0.2, 0.25) is 0 Å². The maximum absolute atomic E-state index is 5.39. The van der Waals surface area contributed by atoms with Crippen molar-refractivity contribution in [3.8, 4) is 0 Å². The van der Waals surface area contributed by atoms with Crippen molar-refractivity contribution >= 4 is 0 Å². The van der Waals surface area contributed by atoms with Crippen molar-refractivity contribution < 1.29 is 4.74 Å². The molecular weight excluding hydrogens is 190 g/mol. The fourth-order valence-electron chi connectivity index (χ4n) is 1.56. The second kappa shape index (κ2) is 5.28. The van der Waals surface area contributed by atoms with Crippen molar-refractivity contribution in [3.63, 3.8) is 0 Å². The highest BCUT2D eigenvalue weighted by Crippen LogP contribution is 2.15. The van der Waals surface area contributed by atoms with E-state index in [1.165, 1.54) is 5.56 Å². The second-order valence-corrected chi connectivity index (χ2v) is 4.56. The average molecular weight is 211 g/mol. The molecule has 0 aliphatic carbocycles. The van der Waals surface area contributed by atoms with E-state index in [0.717, 1.165) is 13.0 Å². The Morgan fingerprint density at radius 3 is 2.87 bits per heavy atom. The zero-order valence-corrected chi connectivity index (χ0v) is 10.0. The van der Waals surface area contributed by atoms with Gasteiger partial charge in [0.15, 0.2) is 0 Å². The Hall–Kier alpha value is -0.870. The first-order valence-electron chi connectivity index (χ1n) is 5.30. The summed E-state index contributed by atoms with van der Waals surface area (Å²) in [6, 6.07) is 0.426. The minimum absolute atomic E-state index is 0.0667. The van der Waals surface area contributed by atoms with Gasteiger partial charge in [-0.3, -0.25) is 5.10 Å². The summed E-state index contributed by atoms with van der Waals surface area (Å²) in [6.45, 7) is 7.21. The number of nitrogens with zero attached hydrogens (tertiary/aromatic N) is 1. The Morgan fingerprint density at radius 1 is 1.60 bits per heavy atom. The smallest absolute Gasteiger partial charge is 0.0637 e. The number of aromatic amines is 1. The van der Waals surface area contributed by atoms with E-state index in [2.05, 4.69) is 36.3 Å². The van der Waals surface area contributed by atoms with Gasteiger partial charge < -0.3 is 10.1 Å². The third-order valence-corrected chi connectivity index (χ3v) is 2.56. The summed E-state index contributed by atoms with van der Waals surface area (Å²) in [5.41, 5.74) is 1.11. The van der Waals surface area contributed by atoms with Gasteiger partial charge in [-0.05, 0) is 27.2 Å². The first kappa shape index (κ1) is 12.2. The van der Waals surface area contributed by atoms with Gasteiger partial charge in [0.05, 0.1) is 11.8 Å². The first-order chi connectivity index (χ1) is 7.03. The molecule has 0 bridgehead atoms. The van der Waals surface area contributed by atoms with Crippen LogP contribution in [0.3, 0.4) is 0 Å². The molecule has 2 N–H and O–H groups in total. The standard InChI is InChI=1S/C11H21N3O/c1-9(5-11(2,3)15-4)12-6-10-7-13-14-8-10/h7-9,12H,5-6H2,1-4H3,(H,13,14). The van der Waals surface area contributed by atoms with E-state index in [-0.39, 0.29) is 5.60 Å². The number of hydrogen-bond acceptors (Lipinski definition) is 3. The quantitative estimate of drug-likeness (QED) is 0.753. The first-order valence-corrected chi connectivity index (χ1v) is 5.30. The number of aromatic nitrogens is 2. The number of hydrogen-bond donors (Lipinski definition) is 2. The third kappa shape index (κ3) is 4.44. The summed E-state index contributed by atoms with van der Waals surface area (Å²) in [6.07, 6.45) is 4.73. The van der Waals surface area contributed by atoms with Crippen LogP contribution in [0.1, 0.15) is 32.8 Å². The molecule has 1 aromatic rings. The summed E-state index contributed by atoms with van der Waals surface area (Å²) < 4.78 is 5.39. The third-order valence-electron chi connectivity index (χ3n) is 2.56. The second-order valence-electron chi connectivity index (χ2n) is 4.56. The molecular formula is C11H21N3O. The van der Waals surface area contributed by atoms with Crippen molar-refractivity contribution in [1.82, 2.24) is 15.5 Å². The van der Waals surface area contributed by atoms with Crippen LogP contribution in [-0.4, -0.2) is 29.0 Å². The van der Waals surface area contributed by atoms with Crippen molar-refractivity contribution in [3.05, 3.63) is 18.0 Å². The molecule has 1 rings (SSSR count). The van der Waals surface area contributed by atoms with Crippen LogP contribution in [0.4, 0.5) is 0 Å². The van der Waals surface area contributed by atoms with E-state index in [4.69, 9.17) is 4.74 Å². The van der Waals surface area contributed by atoms with Crippen molar-refractivity contribution in [2.24, 2.45) is 0 Å². The maximum Gasteiger partial charge on any atom is 0.0637 e. The molecule has 1 aromatic heterocycles. The van der Waals surface area contributed by atoms with Gasteiger partial charge in [0, 0.05) is 31.5 Å². The molecule has 4 nitrogen and oxygen atoms in total. The van der Waals surface area contributed by atoms with Crippen molar-refractivity contribution in [2.75, 3.05) is 7.11 Å². The average Bonchev–Trinajstić information content (AvgIpc) is 2.66. The molecule has 0 saturated heterocycles. The number of nitrogens with one attached hydrogen (secondary N) is 2. The Kier molecular flexibility index (Phi) is 4.29. The van der Waals surface area contributed by atoms with Gasteiger partial charge in [-0.25, -0.2) is 0 Å². The molecule has 0 saturated carbocycles. The highest BCUT2D eigenvalue weighted by Gasteiger charge is 2.19. The Balaban J connectivity index is 2.27. The molecule has 0 spiro atoms. The molecule has 0 fully saturated rings. The lowest BCUT2D eigenvalue weighted by Gasteiger charge is -2.27. The maximum atomic E-state index is 5.39. The lowest BCUT2D eigenvalue weighted by molar-refractivity contribution is 0.00845. The lowest BCUT2D eigenvalue weighted by Crippen LogP contribution is -2.35. The summed E-state index contributed by atoms with van der Waals surface area (Å²) in [5, 5.41) is 10.1. The van der Waals surface area contributed by atoms with Gasteiger partial charge >= 0.3 is 0 Å². The van der Waals surface area contributed by atoms with E-state index in [9.17, 15) is 0 Å². The monoisotopic (exact) mass is 211 g/mol. The summed E-state index contributed by atoms with van der Waals surface area (Å²) in [5.74, 6) is 0. The predicted molar refractivity (Wildman–Crippen MR) is 60.6 cm³/mol. The summed E-state index contributed by atoms with van der Waals surface area (Å²) >= 11 is 0. The molecule has 0 amide bonds. The van der Waals surface area contributed by atoms with Crippen molar-refractivity contribution in [1.29, 1.82) is 0 Å². The number of ether oxygens (including phenoxy) is 1. The number of methoxy groups -OCH3 is 1. The molecule has 4 heteroatoms. The molecule has 1 unspecified atom stereocenters. The van der Waals surface area contributed by atoms with Gasteiger partial charge in [0.2, 0.25) is 0 Å². The van der Waals surface area contributed by atoms with E-state index < -0.39 is 0 Å². The molecule has 15 heavy (non-hydrogen) atoms. The summed E-state index contributed by atoms with van der Waals surface area (Å²) in [4.78, 5) is 0. The van der Waals surface area contributed by atoms with Crippen LogP contribution in [0.25, 0.3) is 0 Å². The largest absolute Gasteiger partial charge is 0.379 e. The molecule has 0 aliphatic rings. The van der Waals surface area contributed by atoms with Crippen LogP contribution in [0, 0.1) is 0 Å². The normalized spacial score (nSPS) is 14.1. The zero-order chi connectivity index (χ0) is 11.3. The minimum atomic E-state index is -0.0667. The fraction of sp³-hybridized carbons (Fsp3) is 0.727. The van der Waals surface area contributed by atoms with Crippen LogP contribution < -0.4 is 5.32 Å². The Bertz CT molecular complexity index is 269. The SMILES string of the molecule is COC(C)(C)CC(C)NCc1cn[nH]c1. The van der Waals surface area contributed by atoms with Gasteiger partial charge in [-0.2, -0.15) is 5.10 Å². The molecule has 0 radical (unpaired) electrons. The van der Waals surface area contributed by atoms with E-state index >= 15 is 0 Å². The van der Waals surface area contributed by atoms with Gasteiger partial charge in [-0.1, -0.05) is 0 Å². The molecule has 1 heterocycles. The minimum Gasteiger partial charge on any atom is -0.379 e. The van der Waals surface area contributed by atoms with Crippen molar-refractivity contribution in [2.45, 2.75) is 45.4 Å². The highest BCUT2D eigenvalue weighted by atomic mass is 16.5. The van der Waals surface area contributed by atoms with Gasteiger partial charge in [0.25, 0.3) is 0 Å². The van der Waals surface area contributed by atoms with Crippen LogP contribution in [0.15, 0.2) is 12.4 Å². The fourth-order valence-corrected chi connectivity index (χ4v) is 1.56. The van der Waals surface area contributed by atoms with E-state index in [1.54, 1.807) is 7.11 Å². The van der Waals surface area contributed by atoms with Crippen LogP contribution >= 0.6 is 0 Å². The van der Waals surface area contributed by atoms with E-state index in [1.807, 2.05) is 12.4 Å². The highest BCUT2D eigenvalue weighted by molar-refractivity contribution is 5.01. The molecule has 0 aromatic carbocycles. The van der Waals surface area contributed by atoms with Gasteiger partial charge in [-0.15, -0.1) is 0 Å². The van der Waals surface area contributed by atoms with Crippen LogP contribution in [0.5, 0.6) is 0 Å². The van der Waals surface area contributed by atoms with E-state index in [0.29, 0.717) is 6.04 Å². The topological polar surface area (TPSA) is 49.9 Å². The molecule has 1 atom stereocenters. The summed E-state index contributed by atoms with van der Waals surface area (Å²) in [7, 11) is 1.75. The molecule has 0 aliphatic heterocycles. The Labute approximate surface area is 91.4 Å². The zero-order valence-electron chi connectivity index (χ0n) is 10.0. The number of rotatable bonds is 6. The Morgan fingerprint density at radius 2 is 2.33 bits per heavy atom.